The fourth-order valence-electron chi connectivity index (χ4n) is 4.32. The molecule has 0 spiro atoms. The number of rotatable bonds is 5. The van der Waals surface area contributed by atoms with Crippen LogP contribution in [0.25, 0.3) is 11.8 Å². The summed E-state index contributed by atoms with van der Waals surface area (Å²) in [6.45, 7) is 4.20. The summed E-state index contributed by atoms with van der Waals surface area (Å²) >= 11 is 0. The molecule has 0 N–H and O–H groups in total. The predicted octanol–water partition coefficient (Wildman–Crippen LogP) is 4.69. The van der Waals surface area contributed by atoms with Crippen LogP contribution in [0.1, 0.15) is 49.2 Å². The summed E-state index contributed by atoms with van der Waals surface area (Å²) in [6.07, 6.45) is 6.09. The molecule has 0 unspecified atom stereocenters. The van der Waals surface area contributed by atoms with Crippen LogP contribution in [0.2, 0.25) is 0 Å². The van der Waals surface area contributed by atoms with E-state index in [1.165, 1.54) is 6.08 Å². The molecule has 3 heterocycles. The van der Waals surface area contributed by atoms with Gasteiger partial charge in [-0.1, -0.05) is 0 Å². The highest BCUT2D eigenvalue weighted by molar-refractivity contribution is 5.84. The first-order valence-corrected chi connectivity index (χ1v) is 10.7. The topological polar surface area (TPSA) is 75.4 Å². The second-order valence-corrected chi connectivity index (χ2v) is 8.11. The van der Waals surface area contributed by atoms with Gasteiger partial charge in [0.25, 0.3) is 0 Å². The highest BCUT2D eigenvalue weighted by Crippen LogP contribution is 2.35. The number of hydrogen-bond donors (Lipinski definition) is 0. The van der Waals surface area contributed by atoms with Gasteiger partial charge in [0, 0.05) is 37.4 Å². The third-order valence-electron chi connectivity index (χ3n) is 5.84. The van der Waals surface area contributed by atoms with Gasteiger partial charge in [0.2, 0.25) is 5.82 Å². The summed E-state index contributed by atoms with van der Waals surface area (Å²) < 4.78 is 41.6. The Labute approximate surface area is 183 Å². The first kappa shape index (κ1) is 22.0. The molecule has 2 aliphatic rings. The molecule has 0 saturated carbocycles. The molecule has 2 fully saturated rings. The molecule has 32 heavy (non-hydrogen) atoms. The van der Waals surface area contributed by atoms with E-state index in [2.05, 4.69) is 9.97 Å². The molecule has 0 bridgehead atoms. The molecule has 1 aromatic carbocycles. The molecule has 0 amide bonds. The molecular formula is C22H24F3N5O2. The van der Waals surface area contributed by atoms with Crippen molar-refractivity contribution in [1.29, 1.82) is 0 Å². The van der Waals surface area contributed by atoms with Crippen LogP contribution in [-0.2, 0) is 0 Å². The van der Waals surface area contributed by atoms with E-state index in [9.17, 15) is 23.3 Å². The molecule has 1 aromatic heterocycles. The van der Waals surface area contributed by atoms with Crippen molar-refractivity contribution < 1.29 is 18.1 Å². The Morgan fingerprint density at radius 3 is 2.19 bits per heavy atom. The minimum atomic E-state index is -1.55. The first-order chi connectivity index (χ1) is 15.3. The molecule has 2 saturated heterocycles. The number of nitro groups is 1. The van der Waals surface area contributed by atoms with Gasteiger partial charge >= 0.3 is 5.69 Å². The molecule has 7 nitrogen and oxygen atoms in total. The molecule has 10 heteroatoms. The zero-order chi connectivity index (χ0) is 22.8. The highest BCUT2D eigenvalue weighted by atomic mass is 19.2. The SMILES string of the molecule is Cc1nc(/C=C(/c2cc(F)c(F)c(F)c2)N2CCCC2)c([N+](=O)[O-])c(N2CCCCC2)n1. The Hall–Kier alpha value is -3.17. The van der Waals surface area contributed by atoms with E-state index >= 15 is 0 Å². The van der Waals surface area contributed by atoms with E-state index < -0.39 is 22.4 Å². The van der Waals surface area contributed by atoms with E-state index in [1.54, 1.807) is 6.92 Å². The molecule has 2 aromatic rings. The lowest BCUT2D eigenvalue weighted by Gasteiger charge is -2.28. The van der Waals surface area contributed by atoms with Gasteiger partial charge in [0.15, 0.2) is 17.5 Å². The van der Waals surface area contributed by atoms with E-state index in [4.69, 9.17) is 0 Å². The van der Waals surface area contributed by atoms with Crippen LogP contribution in [0.15, 0.2) is 12.1 Å². The van der Waals surface area contributed by atoms with Crippen molar-refractivity contribution in [2.45, 2.75) is 39.0 Å². The van der Waals surface area contributed by atoms with Crippen molar-refractivity contribution in [3.63, 3.8) is 0 Å². The van der Waals surface area contributed by atoms with Gasteiger partial charge in [0.05, 0.1) is 4.92 Å². The van der Waals surface area contributed by atoms with Crippen LogP contribution in [0.4, 0.5) is 24.7 Å². The van der Waals surface area contributed by atoms with E-state index in [1.807, 2.05) is 9.80 Å². The number of benzene rings is 1. The summed E-state index contributed by atoms with van der Waals surface area (Å²) in [5.41, 5.74) is 0.298. The van der Waals surface area contributed by atoms with Crippen LogP contribution < -0.4 is 4.90 Å². The van der Waals surface area contributed by atoms with Gasteiger partial charge in [-0.15, -0.1) is 0 Å². The fourth-order valence-corrected chi connectivity index (χ4v) is 4.32. The minimum absolute atomic E-state index is 0.0649. The van der Waals surface area contributed by atoms with E-state index in [0.29, 0.717) is 37.7 Å². The van der Waals surface area contributed by atoms with Gasteiger partial charge in [-0.05, 0) is 57.2 Å². The van der Waals surface area contributed by atoms with Crippen molar-refractivity contribution in [3.05, 3.63) is 56.8 Å². The predicted molar refractivity (Wildman–Crippen MR) is 114 cm³/mol. The molecule has 0 aliphatic carbocycles. The van der Waals surface area contributed by atoms with E-state index in [-0.39, 0.29) is 22.8 Å². The van der Waals surface area contributed by atoms with Crippen LogP contribution in [-0.4, -0.2) is 46.0 Å². The van der Waals surface area contributed by atoms with Crippen LogP contribution in [0, 0.1) is 34.5 Å². The van der Waals surface area contributed by atoms with Crippen molar-refractivity contribution in [1.82, 2.24) is 14.9 Å². The molecule has 0 atom stereocenters. The fraction of sp³-hybridized carbons (Fsp3) is 0.455. The maximum Gasteiger partial charge on any atom is 0.337 e. The number of anilines is 1. The summed E-state index contributed by atoms with van der Waals surface area (Å²) in [7, 11) is 0. The lowest BCUT2D eigenvalue weighted by Crippen LogP contribution is -2.31. The molecule has 170 valence electrons. The molecular weight excluding hydrogens is 423 g/mol. The standard InChI is InChI=1S/C22H24F3N5O2/c1-14-26-18(21(30(31)32)22(27-14)29-9-3-2-4-10-29)13-19(28-7-5-6-8-28)15-11-16(23)20(25)17(24)12-15/h11-13H,2-10H2,1H3/b19-13-. The average Bonchev–Trinajstić information content (AvgIpc) is 3.30. The maximum absolute atomic E-state index is 14.0. The summed E-state index contributed by atoms with van der Waals surface area (Å²) in [6, 6.07) is 1.82. The number of piperidine rings is 1. The number of halogens is 3. The van der Waals surface area contributed by atoms with Gasteiger partial charge in [0.1, 0.15) is 11.5 Å². The summed E-state index contributed by atoms with van der Waals surface area (Å²) in [5.74, 6) is -3.56. The van der Waals surface area contributed by atoms with Gasteiger partial charge in [-0.25, -0.2) is 23.1 Å². The Kier molecular flexibility index (Phi) is 6.29. The Morgan fingerprint density at radius 2 is 1.59 bits per heavy atom. The number of hydrogen-bond acceptors (Lipinski definition) is 6. The van der Waals surface area contributed by atoms with E-state index in [0.717, 1.165) is 44.2 Å². The molecule has 4 rings (SSSR count). The highest BCUT2D eigenvalue weighted by Gasteiger charge is 2.29. The monoisotopic (exact) mass is 447 g/mol. The Balaban J connectivity index is 1.89. The Bertz CT molecular complexity index is 1040. The van der Waals surface area contributed by atoms with Crippen molar-refractivity contribution in [2.75, 3.05) is 31.1 Å². The third kappa shape index (κ3) is 4.39. The molecule has 0 radical (unpaired) electrons. The average molecular weight is 447 g/mol. The zero-order valence-electron chi connectivity index (χ0n) is 17.8. The lowest BCUT2D eigenvalue weighted by molar-refractivity contribution is -0.384. The zero-order valence-corrected chi connectivity index (χ0v) is 17.8. The number of likely N-dealkylation sites (tertiary alicyclic amines) is 1. The minimum Gasteiger partial charge on any atom is -0.371 e. The summed E-state index contributed by atoms with van der Waals surface area (Å²) in [4.78, 5) is 24.0. The van der Waals surface area contributed by atoms with Gasteiger partial charge in [-0.3, -0.25) is 10.1 Å². The normalized spacial score (nSPS) is 17.2. The number of nitrogens with zero attached hydrogens (tertiary/aromatic N) is 5. The number of aryl methyl sites for hydroxylation is 1. The summed E-state index contributed by atoms with van der Waals surface area (Å²) in [5, 5.41) is 12.1. The van der Waals surface area contributed by atoms with Crippen molar-refractivity contribution in [2.24, 2.45) is 0 Å². The first-order valence-electron chi connectivity index (χ1n) is 10.7. The maximum atomic E-state index is 14.0. The second-order valence-electron chi connectivity index (χ2n) is 8.11. The van der Waals surface area contributed by atoms with Crippen LogP contribution in [0.3, 0.4) is 0 Å². The van der Waals surface area contributed by atoms with Crippen molar-refractivity contribution in [3.8, 4) is 0 Å². The van der Waals surface area contributed by atoms with Gasteiger partial charge in [-0.2, -0.15) is 0 Å². The second kappa shape index (κ2) is 9.13. The number of aromatic nitrogens is 2. The Morgan fingerprint density at radius 1 is 1.00 bits per heavy atom. The van der Waals surface area contributed by atoms with Crippen molar-refractivity contribution >= 4 is 23.3 Å². The molecule has 2 aliphatic heterocycles. The van der Waals surface area contributed by atoms with Crippen LogP contribution >= 0.6 is 0 Å². The third-order valence-corrected chi connectivity index (χ3v) is 5.84. The lowest BCUT2D eigenvalue weighted by atomic mass is 10.1. The largest absolute Gasteiger partial charge is 0.371 e. The smallest absolute Gasteiger partial charge is 0.337 e. The van der Waals surface area contributed by atoms with Crippen LogP contribution in [0.5, 0.6) is 0 Å². The van der Waals surface area contributed by atoms with Gasteiger partial charge < -0.3 is 9.80 Å². The quantitative estimate of drug-likeness (QED) is 0.376.